The van der Waals surface area contributed by atoms with E-state index in [-0.39, 0.29) is 11.7 Å². The van der Waals surface area contributed by atoms with E-state index in [1.807, 2.05) is 0 Å². The number of thiazole rings is 1. The molecule has 0 unspecified atom stereocenters. The van der Waals surface area contributed by atoms with Crippen molar-refractivity contribution in [2.45, 2.75) is 38.1 Å². The van der Waals surface area contributed by atoms with Crippen LogP contribution in [0.25, 0.3) is 10.2 Å². The van der Waals surface area contributed by atoms with Crippen molar-refractivity contribution < 1.29 is 9.18 Å². The van der Waals surface area contributed by atoms with E-state index in [0.29, 0.717) is 6.42 Å². The third kappa shape index (κ3) is 5.96. The van der Waals surface area contributed by atoms with E-state index in [4.69, 9.17) is 0 Å². The van der Waals surface area contributed by atoms with Crippen LogP contribution in [0, 0.1) is 19.7 Å². The molecule has 0 N–H and O–H groups in total. The van der Waals surface area contributed by atoms with Gasteiger partial charge in [0.25, 0.3) is 0 Å². The monoisotopic (exact) mass is 448 g/mol. The molecule has 0 fully saturated rings. The van der Waals surface area contributed by atoms with E-state index in [9.17, 15) is 9.18 Å². The first-order valence-corrected chi connectivity index (χ1v) is 12.7. The van der Waals surface area contributed by atoms with E-state index in [1.54, 1.807) is 47.0 Å². The van der Waals surface area contributed by atoms with Crippen molar-refractivity contribution in [2.24, 2.45) is 4.99 Å². The summed E-state index contributed by atoms with van der Waals surface area (Å²) < 4.78 is 16.3. The number of aryl methyl sites for hydroxylation is 3. The topological polar surface area (TPSA) is 34.4 Å². The van der Waals surface area contributed by atoms with Crippen LogP contribution in [0.1, 0.15) is 24.0 Å². The Bertz CT molecular complexity index is 1050. The smallest absolute Gasteiger partial charge is 0.248 e. The Hall–Kier alpha value is -1.57. The number of hydrogen-bond donors (Lipinski definition) is 0. The van der Waals surface area contributed by atoms with Crippen molar-refractivity contribution in [3.8, 4) is 0 Å². The molecule has 0 bridgehead atoms. The molecule has 2 aromatic carbocycles. The predicted molar refractivity (Wildman–Crippen MR) is 125 cm³/mol. The second kappa shape index (κ2) is 10.5. The second-order valence-electron chi connectivity index (χ2n) is 6.87. The zero-order chi connectivity index (χ0) is 20.8. The van der Waals surface area contributed by atoms with E-state index >= 15 is 0 Å². The Labute approximate surface area is 183 Å². The Balaban J connectivity index is 1.71. The fourth-order valence-corrected chi connectivity index (χ4v) is 5.44. The number of benzene rings is 2. The van der Waals surface area contributed by atoms with Gasteiger partial charge in [0.2, 0.25) is 5.91 Å². The highest BCUT2D eigenvalue weighted by Gasteiger charge is 2.10. The lowest BCUT2D eigenvalue weighted by Gasteiger charge is -2.05. The average Bonchev–Trinajstić information content (AvgIpc) is 3.02. The highest BCUT2D eigenvalue weighted by molar-refractivity contribution is 7.99. The first-order chi connectivity index (χ1) is 14.0. The van der Waals surface area contributed by atoms with Crippen LogP contribution in [-0.4, -0.2) is 28.2 Å². The van der Waals surface area contributed by atoms with Gasteiger partial charge in [-0.1, -0.05) is 17.4 Å². The number of thioether (sulfide) groups is 2. The first-order valence-electron chi connectivity index (χ1n) is 9.53. The van der Waals surface area contributed by atoms with Crippen molar-refractivity contribution in [1.82, 2.24) is 4.57 Å². The minimum absolute atomic E-state index is 0.0801. The van der Waals surface area contributed by atoms with Gasteiger partial charge in [0, 0.05) is 23.6 Å². The molecule has 0 aliphatic carbocycles. The van der Waals surface area contributed by atoms with E-state index < -0.39 is 0 Å². The van der Waals surface area contributed by atoms with Gasteiger partial charge in [-0.15, -0.1) is 11.8 Å². The van der Waals surface area contributed by atoms with Crippen molar-refractivity contribution in [3.63, 3.8) is 0 Å². The molecule has 0 aliphatic rings. The predicted octanol–water partition coefficient (Wildman–Crippen LogP) is 5.82. The fourth-order valence-electron chi connectivity index (χ4n) is 3.10. The van der Waals surface area contributed by atoms with Crippen LogP contribution < -0.4 is 4.80 Å². The van der Waals surface area contributed by atoms with Gasteiger partial charge >= 0.3 is 0 Å². The molecule has 29 heavy (non-hydrogen) atoms. The van der Waals surface area contributed by atoms with E-state index in [2.05, 4.69) is 41.8 Å². The summed E-state index contributed by atoms with van der Waals surface area (Å²) in [6.45, 7) is 5.06. The lowest BCUT2D eigenvalue weighted by Crippen LogP contribution is -2.18. The van der Waals surface area contributed by atoms with Crippen LogP contribution in [0.2, 0.25) is 0 Å². The molecule has 0 saturated heterocycles. The maximum atomic E-state index is 13.0. The third-order valence-corrected chi connectivity index (χ3v) is 7.39. The number of amides is 1. The fraction of sp³-hybridized carbons (Fsp3) is 0.364. The Morgan fingerprint density at radius 3 is 2.66 bits per heavy atom. The van der Waals surface area contributed by atoms with Crippen LogP contribution in [0.5, 0.6) is 0 Å². The standard InChI is InChI=1S/C22H25FN2OS3/c1-15-13-16(2)21-19(14-15)25(10-12-27-3)22(29-21)24-20(26)5-4-11-28-18-8-6-17(23)7-9-18/h6-9,13-14H,4-5,10-12H2,1-3H3. The molecule has 154 valence electrons. The lowest BCUT2D eigenvalue weighted by molar-refractivity contribution is -0.118. The third-order valence-electron chi connectivity index (χ3n) is 4.47. The summed E-state index contributed by atoms with van der Waals surface area (Å²) >= 11 is 5.03. The summed E-state index contributed by atoms with van der Waals surface area (Å²) in [7, 11) is 0. The molecule has 0 atom stereocenters. The molecule has 3 nitrogen and oxygen atoms in total. The maximum absolute atomic E-state index is 13.0. The summed E-state index contributed by atoms with van der Waals surface area (Å²) in [5, 5.41) is 0. The van der Waals surface area contributed by atoms with E-state index in [1.165, 1.54) is 33.5 Å². The zero-order valence-electron chi connectivity index (χ0n) is 16.9. The minimum atomic E-state index is -0.230. The van der Waals surface area contributed by atoms with Gasteiger partial charge in [0.05, 0.1) is 10.2 Å². The summed E-state index contributed by atoms with van der Waals surface area (Å²) in [4.78, 5) is 18.7. The normalized spacial score (nSPS) is 12.1. The van der Waals surface area contributed by atoms with Crippen molar-refractivity contribution in [1.29, 1.82) is 0 Å². The second-order valence-corrected chi connectivity index (χ2v) is 10.0. The van der Waals surface area contributed by atoms with Gasteiger partial charge in [-0.2, -0.15) is 16.8 Å². The molecule has 1 amide bonds. The van der Waals surface area contributed by atoms with Crippen LogP contribution in [0.3, 0.4) is 0 Å². The van der Waals surface area contributed by atoms with Crippen LogP contribution in [-0.2, 0) is 11.3 Å². The van der Waals surface area contributed by atoms with Gasteiger partial charge in [0.1, 0.15) is 5.82 Å². The van der Waals surface area contributed by atoms with Crippen LogP contribution in [0.15, 0.2) is 46.3 Å². The average molecular weight is 449 g/mol. The van der Waals surface area contributed by atoms with Gasteiger partial charge in [-0.25, -0.2) is 4.39 Å². The quantitative estimate of drug-likeness (QED) is 0.322. The number of carbonyl (C=O) groups is 1. The number of carbonyl (C=O) groups excluding carboxylic acids is 1. The molecule has 0 saturated carbocycles. The number of nitrogens with zero attached hydrogens (tertiary/aromatic N) is 2. The Kier molecular flexibility index (Phi) is 7.98. The Morgan fingerprint density at radius 1 is 1.17 bits per heavy atom. The Morgan fingerprint density at radius 2 is 1.93 bits per heavy atom. The summed E-state index contributed by atoms with van der Waals surface area (Å²) in [5.41, 5.74) is 3.62. The van der Waals surface area contributed by atoms with Crippen LogP contribution in [0.4, 0.5) is 4.39 Å². The van der Waals surface area contributed by atoms with E-state index in [0.717, 1.165) is 34.2 Å². The van der Waals surface area contributed by atoms with Crippen molar-refractivity contribution in [3.05, 3.63) is 58.1 Å². The van der Waals surface area contributed by atoms with Gasteiger partial charge in [-0.3, -0.25) is 4.79 Å². The summed E-state index contributed by atoms with van der Waals surface area (Å²) in [5.74, 6) is 1.48. The molecular formula is C22H25FN2OS3. The van der Waals surface area contributed by atoms with Crippen molar-refractivity contribution >= 4 is 51.0 Å². The van der Waals surface area contributed by atoms with Gasteiger partial charge < -0.3 is 4.57 Å². The number of aromatic nitrogens is 1. The highest BCUT2D eigenvalue weighted by Crippen LogP contribution is 2.24. The highest BCUT2D eigenvalue weighted by atomic mass is 32.2. The minimum Gasteiger partial charge on any atom is -0.315 e. The number of fused-ring (bicyclic) bond motifs is 1. The first kappa shape index (κ1) is 22.1. The van der Waals surface area contributed by atoms with Crippen LogP contribution >= 0.6 is 34.9 Å². The zero-order valence-corrected chi connectivity index (χ0v) is 19.4. The largest absolute Gasteiger partial charge is 0.315 e. The number of hydrogen-bond acceptors (Lipinski definition) is 4. The molecule has 3 rings (SSSR count). The molecule has 0 aliphatic heterocycles. The molecule has 1 heterocycles. The molecule has 0 radical (unpaired) electrons. The summed E-state index contributed by atoms with van der Waals surface area (Å²) in [6, 6.07) is 10.8. The maximum Gasteiger partial charge on any atom is 0.248 e. The summed E-state index contributed by atoms with van der Waals surface area (Å²) in [6.07, 6.45) is 3.26. The molecule has 1 aromatic heterocycles. The van der Waals surface area contributed by atoms with Gasteiger partial charge in [0.15, 0.2) is 4.80 Å². The van der Waals surface area contributed by atoms with Gasteiger partial charge in [-0.05, 0) is 73.7 Å². The number of rotatable bonds is 8. The lowest BCUT2D eigenvalue weighted by atomic mass is 10.1. The molecular weight excluding hydrogens is 423 g/mol. The van der Waals surface area contributed by atoms with Crippen molar-refractivity contribution in [2.75, 3.05) is 17.8 Å². The SMILES string of the molecule is CSCCn1c(=NC(=O)CCCSc2ccc(F)cc2)sc2c(C)cc(C)cc21. The molecule has 3 aromatic rings. The number of halogens is 1. The molecule has 0 spiro atoms. The molecule has 7 heteroatoms.